The van der Waals surface area contributed by atoms with E-state index in [1.807, 2.05) is 48.5 Å². The number of hydrogen-bond donors (Lipinski definition) is 3. The van der Waals surface area contributed by atoms with Gasteiger partial charge < -0.3 is 20.5 Å². The van der Waals surface area contributed by atoms with Gasteiger partial charge >= 0.3 is 12.1 Å². The second-order valence-electron chi connectivity index (χ2n) is 7.32. The Hall–Kier alpha value is -3.72. The van der Waals surface area contributed by atoms with E-state index >= 15 is 0 Å². The van der Waals surface area contributed by atoms with Crippen molar-refractivity contribution in [1.82, 2.24) is 15.6 Å². The molecule has 2 amide bonds. The van der Waals surface area contributed by atoms with Gasteiger partial charge in [-0.1, -0.05) is 48.5 Å². The van der Waals surface area contributed by atoms with Gasteiger partial charge in [0.1, 0.15) is 12.6 Å². The van der Waals surface area contributed by atoms with Crippen LogP contribution in [0.25, 0.3) is 11.1 Å². The predicted octanol–water partition coefficient (Wildman–Crippen LogP) is 3.14. The van der Waals surface area contributed by atoms with Crippen molar-refractivity contribution in [2.45, 2.75) is 24.9 Å². The Labute approximate surface area is 188 Å². The highest BCUT2D eigenvalue weighted by Crippen LogP contribution is 2.44. The number of aromatic nitrogens is 1. The number of benzene rings is 2. The van der Waals surface area contributed by atoms with E-state index in [1.54, 1.807) is 10.9 Å². The van der Waals surface area contributed by atoms with Gasteiger partial charge in [-0.25, -0.2) is 9.78 Å². The number of ether oxygens (including phenoxy) is 1. The van der Waals surface area contributed by atoms with E-state index in [0.717, 1.165) is 22.3 Å². The van der Waals surface area contributed by atoms with E-state index < -0.39 is 30.4 Å². The molecule has 0 radical (unpaired) electrons. The first-order valence-electron chi connectivity index (χ1n) is 10.0. The summed E-state index contributed by atoms with van der Waals surface area (Å²) >= 11 is 1.38. The van der Waals surface area contributed by atoms with E-state index in [-0.39, 0.29) is 19.1 Å². The highest BCUT2D eigenvalue weighted by molar-refractivity contribution is 7.07. The van der Waals surface area contributed by atoms with Crippen LogP contribution in [0.5, 0.6) is 0 Å². The van der Waals surface area contributed by atoms with Crippen LogP contribution in [0.1, 0.15) is 29.2 Å². The van der Waals surface area contributed by atoms with Crippen molar-refractivity contribution in [2.24, 2.45) is 0 Å². The Kier molecular flexibility index (Phi) is 6.46. The molecule has 1 atom stereocenters. The van der Waals surface area contributed by atoms with Gasteiger partial charge in [-0.05, 0) is 22.3 Å². The zero-order valence-corrected chi connectivity index (χ0v) is 17.8. The van der Waals surface area contributed by atoms with Gasteiger partial charge in [0.15, 0.2) is 0 Å². The minimum Gasteiger partial charge on any atom is -0.481 e. The van der Waals surface area contributed by atoms with Crippen LogP contribution >= 0.6 is 11.3 Å². The first-order chi connectivity index (χ1) is 15.5. The SMILES string of the molecule is O=C(O)CC(NC(=O)OCC1c2ccccc2-c2ccccc21)C(=O)NCc1cscn1. The summed E-state index contributed by atoms with van der Waals surface area (Å²) in [4.78, 5) is 40.1. The monoisotopic (exact) mass is 451 g/mol. The summed E-state index contributed by atoms with van der Waals surface area (Å²) < 4.78 is 5.42. The molecule has 1 aliphatic rings. The van der Waals surface area contributed by atoms with Gasteiger partial charge in [-0.15, -0.1) is 11.3 Å². The molecule has 164 valence electrons. The second-order valence-corrected chi connectivity index (χ2v) is 8.04. The van der Waals surface area contributed by atoms with E-state index in [0.29, 0.717) is 5.69 Å². The van der Waals surface area contributed by atoms with Crippen LogP contribution in [0, 0.1) is 0 Å². The zero-order chi connectivity index (χ0) is 22.5. The number of carboxylic acids is 1. The highest BCUT2D eigenvalue weighted by Gasteiger charge is 2.30. The maximum Gasteiger partial charge on any atom is 0.407 e. The van der Waals surface area contributed by atoms with Crippen molar-refractivity contribution < 1.29 is 24.2 Å². The number of aliphatic carboxylic acids is 1. The summed E-state index contributed by atoms with van der Waals surface area (Å²) in [5, 5.41) is 15.9. The molecule has 1 heterocycles. The van der Waals surface area contributed by atoms with E-state index in [1.165, 1.54) is 11.3 Å². The molecule has 4 rings (SSSR count). The van der Waals surface area contributed by atoms with Crippen molar-refractivity contribution in [3.05, 3.63) is 76.2 Å². The van der Waals surface area contributed by atoms with E-state index in [2.05, 4.69) is 15.6 Å². The number of rotatable bonds is 8. The molecule has 1 unspecified atom stereocenters. The fraction of sp³-hybridized carbons (Fsp3) is 0.217. The van der Waals surface area contributed by atoms with Gasteiger partial charge in [0.2, 0.25) is 5.91 Å². The van der Waals surface area contributed by atoms with Crippen LogP contribution < -0.4 is 10.6 Å². The average molecular weight is 452 g/mol. The Morgan fingerprint density at radius 3 is 2.31 bits per heavy atom. The van der Waals surface area contributed by atoms with Crippen LogP contribution in [-0.4, -0.2) is 40.7 Å². The third kappa shape index (κ3) is 4.78. The summed E-state index contributed by atoms with van der Waals surface area (Å²) in [5.41, 5.74) is 6.60. The molecule has 0 saturated heterocycles. The van der Waals surface area contributed by atoms with Gasteiger partial charge in [0, 0.05) is 11.3 Å². The van der Waals surface area contributed by atoms with Crippen molar-refractivity contribution in [3.63, 3.8) is 0 Å². The topological polar surface area (TPSA) is 118 Å². The number of alkyl carbamates (subject to hydrolysis) is 1. The number of nitrogens with zero attached hydrogens (tertiary/aromatic N) is 1. The Morgan fingerprint density at radius 1 is 1.06 bits per heavy atom. The molecule has 0 bridgehead atoms. The number of fused-ring (bicyclic) bond motifs is 3. The lowest BCUT2D eigenvalue weighted by atomic mass is 9.98. The number of nitrogens with one attached hydrogen (secondary N) is 2. The van der Waals surface area contributed by atoms with Crippen molar-refractivity contribution >= 4 is 29.3 Å². The lowest BCUT2D eigenvalue weighted by molar-refractivity contribution is -0.139. The number of carbonyl (C=O) groups excluding carboxylic acids is 2. The van der Waals surface area contributed by atoms with Crippen LogP contribution in [0.15, 0.2) is 59.4 Å². The molecule has 3 N–H and O–H groups in total. The number of carboxylic acid groups (broad SMARTS) is 1. The number of thiazole rings is 1. The van der Waals surface area contributed by atoms with Crippen LogP contribution in [-0.2, 0) is 20.9 Å². The molecule has 0 fully saturated rings. The minimum atomic E-state index is -1.26. The fourth-order valence-electron chi connectivity index (χ4n) is 3.79. The third-order valence-electron chi connectivity index (χ3n) is 5.26. The second kappa shape index (κ2) is 9.61. The van der Waals surface area contributed by atoms with Gasteiger partial charge in [0.25, 0.3) is 0 Å². The number of hydrogen-bond acceptors (Lipinski definition) is 6. The van der Waals surface area contributed by atoms with Crippen molar-refractivity contribution in [2.75, 3.05) is 6.61 Å². The van der Waals surface area contributed by atoms with E-state index in [9.17, 15) is 14.4 Å². The molecule has 1 aromatic heterocycles. The van der Waals surface area contributed by atoms with Gasteiger partial charge in [0.05, 0.1) is 24.2 Å². The molecule has 8 nitrogen and oxygen atoms in total. The van der Waals surface area contributed by atoms with Crippen LogP contribution in [0.2, 0.25) is 0 Å². The minimum absolute atomic E-state index is 0.0695. The first-order valence-corrected chi connectivity index (χ1v) is 11.0. The lowest BCUT2D eigenvalue weighted by Crippen LogP contribution is -2.48. The van der Waals surface area contributed by atoms with Gasteiger partial charge in [-0.3, -0.25) is 9.59 Å². The smallest absolute Gasteiger partial charge is 0.407 e. The standard InChI is InChI=1S/C23H21N3O5S/c27-21(28)9-20(22(29)24-10-14-12-32-13-25-14)26-23(30)31-11-19-17-7-3-1-5-15(17)16-6-2-4-8-18(16)19/h1-8,12-13,19-20H,9-11H2,(H,24,29)(H,26,30)(H,27,28). The molecule has 9 heteroatoms. The summed E-state index contributed by atoms with van der Waals surface area (Å²) in [6.07, 6.45) is -1.41. The zero-order valence-electron chi connectivity index (χ0n) is 17.0. The highest BCUT2D eigenvalue weighted by atomic mass is 32.1. The summed E-state index contributed by atoms with van der Waals surface area (Å²) in [7, 11) is 0. The van der Waals surface area contributed by atoms with Crippen LogP contribution in [0.4, 0.5) is 4.79 Å². The van der Waals surface area contributed by atoms with Crippen molar-refractivity contribution in [1.29, 1.82) is 0 Å². The molecule has 0 aliphatic heterocycles. The molecule has 1 aliphatic carbocycles. The maximum absolute atomic E-state index is 12.4. The average Bonchev–Trinajstić information content (AvgIpc) is 3.41. The summed E-state index contributed by atoms with van der Waals surface area (Å²) in [6.45, 7) is 0.213. The van der Waals surface area contributed by atoms with Gasteiger partial charge in [-0.2, -0.15) is 0 Å². The number of carbonyl (C=O) groups is 3. The molecule has 2 aromatic carbocycles. The summed E-state index contributed by atoms with van der Waals surface area (Å²) in [6, 6.07) is 14.6. The fourth-order valence-corrected chi connectivity index (χ4v) is 4.35. The third-order valence-corrected chi connectivity index (χ3v) is 5.89. The molecule has 0 spiro atoms. The Bertz CT molecular complexity index is 1090. The largest absolute Gasteiger partial charge is 0.481 e. The Morgan fingerprint density at radius 2 is 1.72 bits per heavy atom. The maximum atomic E-state index is 12.4. The molecular weight excluding hydrogens is 430 g/mol. The molecule has 3 aromatic rings. The lowest BCUT2D eigenvalue weighted by Gasteiger charge is -2.18. The molecule has 32 heavy (non-hydrogen) atoms. The molecular formula is C23H21N3O5S. The first kappa shape index (κ1) is 21.5. The Balaban J connectivity index is 1.39. The van der Waals surface area contributed by atoms with E-state index in [4.69, 9.17) is 9.84 Å². The number of amides is 2. The quantitative estimate of drug-likeness (QED) is 0.484. The molecule has 0 saturated carbocycles. The van der Waals surface area contributed by atoms with Crippen molar-refractivity contribution in [3.8, 4) is 11.1 Å². The van der Waals surface area contributed by atoms with Crippen LogP contribution in [0.3, 0.4) is 0 Å². The normalized spacial score (nSPS) is 13.0. The summed E-state index contributed by atoms with van der Waals surface area (Å²) in [5.74, 6) is -1.96. The predicted molar refractivity (Wildman–Crippen MR) is 118 cm³/mol.